The van der Waals surface area contributed by atoms with Gasteiger partial charge in [-0.05, 0) is 54.9 Å². The summed E-state index contributed by atoms with van der Waals surface area (Å²) in [5.41, 5.74) is 1.16. The number of nitro benzene ring substituents is 1. The zero-order chi connectivity index (χ0) is 24.8. The molecular formula is C23H22N2O8S. The van der Waals surface area contributed by atoms with E-state index < -0.39 is 28.1 Å². The third-order valence-corrected chi connectivity index (χ3v) is 5.72. The molecule has 34 heavy (non-hydrogen) atoms. The van der Waals surface area contributed by atoms with E-state index in [1.165, 1.54) is 32.2 Å². The van der Waals surface area contributed by atoms with Crippen LogP contribution < -0.4 is 9.47 Å². The van der Waals surface area contributed by atoms with Crippen molar-refractivity contribution in [3.05, 3.63) is 68.6 Å². The van der Waals surface area contributed by atoms with Crippen LogP contribution in [0.5, 0.6) is 11.5 Å². The van der Waals surface area contributed by atoms with Gasteiger partial charge in [0.05, 0.1) is 23.5 Å². The van der Waals surface area contributed by atoms with Crippen molar-refractivity contribution in [3.8, 4) is 11.5 Å². The number of nitrogens with zero attached hydrogens (tertiary/aromatic N) is 2. The highest BCUT2D eigenvalue weighted by molar-refractivity contribution is 8.18. The number of amides is 2. The molecule has 2 amide bonds. The van der Waals surface area contributed by atoms with Crippen LogP contribution in [-0.4, -0.2) is 46.7 Å². The Bertz CT molecular complexity index is 1160. The first-order valence-corrected chi connectivity index (χ1v) is 11.0. The molecule has 1 aliphatic heterocycles. The Kier molecular flexibility index (Phi) is 7.90. The Hall–Kier alpha value is -3.86. The Labute approximate surface area is 199 Å². The fourth-order valence-corrected chi connectivity index (χ4v) is 4.06. The molecule has 2 aromatic carbocycles. The third kappa shape index (κ3) is 5.54. The molecule has 10 nitrogen and oxygen atoms in total. The van der Waals surface area contributed by atoms with Crippen molar-refractivity contribution < 1.29 is 33.5 Å². The number of rotatable bonds is 9. The van der Waals surface area contributed by atoms with Gasteiger partial charge in [-0.1, -0.05) is 18.2 Å². The SMILES string of the molecule is CCOC(=O)[C@@H](C)N1C(=O)S/C(=C/c2ccc(OCc3cccc([N+](=O)[O-])c3)c(OC)c2)C1=O. The van der Waals surface area contributed by atoms with E-state index in [1.807, 2.05) is 0 Å². The first-order valence-electron chi connectivity index (χ1n) is 10.2. The standard InChI is InChI=1S/C23H22N2O8S/c1-4-32-22(27)14(2)24-21(26)20(34-23(24)28)12-15-8-9-18(19(11-15)31-3)33-13-16-6-5-7-17(10-16)25(29)30/h5-12,14H,4,13H2,1-3H3/b20-12+/t14-/m1/s1. The Morgan fingerprint density at radius 1 is 1.21 bits per heavy atom. The summed E-state index contributed by atoms with van der Waals surface area (Å²) < 4.78 is 16.0. The van der Waals surface area contributed by atoms with Gasteiger partial charge in [-0.25, -0.2) is 4.79 Å². The lowest BCUT2D eigenvalue weighted by atomic mass is 10.1. The van der Waals surface area contributed by atoms with Gasteiger partial charge in [0.1, 0.15) is 12.6 Å². The molecule has 0 aromatic heterocycles. The molecule has 2 aromatic rings. The van der Waals surface area contributed by atoms with E-state index >= 15 is 0 Å². The van der Waals surface area contributed by atoms with Gasteiger partial charge in [0, 0.05) is 12.1 Å². The number of hydrogen-bond donors (Lipinski definition) is 0. The summed E-state index contributed by atoms with van der Waals surface area (Å²) in [6, 6.07) is 10.0. The number of non-ortho nitro benzene ring substituents is 1. The van der Waals surface area contributed by atoms with Crippen molar-refractivity contribution in [3.63, 3.8) is 0 Å². The number of esters is 1. The molecule has 3 rings (SSSR count). The van der Waals surface area contributed by atoms with Crippen molar-refractivity contribution >= 4 is 40.6 Å². The number of thioether (sulfide) groups is 1. The molecule has 1 saturated heterocycles. The highest BCUT2D eigenvalue weighted by atomic mass is 32.2. The van der Waals surface area contributed by atoms with Crippen LogP contribution in [0.1, 0.15) is 25.0 Å². The summed E-state index contributed by atoms with van der Waals surface area (Å²) in [7, 11) is 1.45. The molecule has 0 bridgehead atoms. The molecule has 0 radical (unpaired) electrons. The maximum Gasteiger partial charge on any atom is 0.329 e. The number of carbonyl (C=O) groups excluding carboxylic acids is 3. The predicted octanol–water partition coefficient (Wildman–Crippen LogP) is 4.17. The van der Waals surface area contributed by atoms with Gasteiger partial charge in [0.25, 0.3) is 16.8 Å². The van der Waals surface area contributed by atoms with Gasteiger partial charge in [0.15, 0.2) is 11.5 Å². The van der Waals surface area contributed by atoms with Crippen LogP contribution in [0.3, 0.4) is 0 Å². The minimum absolute atomic E-state index is 0.0327. The second-order valence-electron chi connectivity index (χ2n) is 7.11. The van der Waals surface area contributed by atoms with E-state index in [9.17, 15) is 24.5 Å². The second kappa shape index (κ2) is 10.8. The summed E-state index contributed by atoms with van der Waals surface area (Å²) in [6.07, 6.45) is 1.52. The highest BCUT2D eigenvalue weighted by Crippen LogP contribution is 2.36. The van der Waals surface area contributed by atoms with Gasteiger partial charge >= 0.3 is 5.97 Å². The van der Waals surface area contributed by atoms with E-state index in [2.05, 4.69) is 0 Å². The number of nitro groups is 1. The molecule has 0 spiro atoms. The minimum atomic E-state index is -1.03. The van der Waals surface area contributed by atoms with Crippen LogP contribution in [0, 0.1) is 10.1 Å². The monoisotopic (exact) mass is 486 g/mol. The molecule has 0 saturated carbocycles. The van der Waals surface area contributed by atoms with Crippen LogP contribution >= 0.6 is 11.8 Å². The van der Waals surface area contributed by atoms with Gasteiger partial charge in [-0.3, -0.25) is 24.6 Å². The van der Waals surface area contributed by atoms with Crippen LogP contribution in [0.2, 0.25) is 0 Å². The molecule has 1 atom stereocenters. The lowest BCUT2D eigenvalue weighted by Gasteiger charge is -2.19. The zero-order valence-corrected chi connectivity index (χ0v) is 19.5. The van der Waals surface area contributed by atoms with Crippen LogP contribution in [0.25, 0.3) is 6.08 Å². The van der Waals surface area contributed by atoms with Crippen molar-refractivity contribution in [1.82, 2.24) is 4.90 Å². The normalized spacial score (nSPS) is 15.4. The second-order valence-corrected chi connectivity index (χ2v) is 8.10. The van der Waals surface area contributed by atoms with E-state index in [0.29, 0.717) is 22.6 Å². The number of benzene rings is 2. The lowest BCUT2D eigenvalue weighted by Crippen LogP contribution is -2.42. The molecule has 178 valence electrons. The zero-order valence-electron chi connectivity index (χ0n) is 18.7. The lowest BCUT2D eigenvalue weighted by molar-refractivity contribution is -0.384. The highest BCUT2D eigenvalue weighted by Gasteiger charge is 2.41. The van der Waals surface area contributed by atoms with Crippen LogP contribution in [0.4, 0.5) is 10.5 Å². The van der Waals surface area contributed by atoms with Crippen molar-refractivity contribution in [2.24, 2.45) is 0 Å². The summed E-state index contributed by atoms with van der Waals surface area (Å²) in [5.74, 6) is -0.466. The van der Waals surface area contributed by atoms with E-state index in [1.54, 1.807) is 37.3 Å². The van der Waals surface area contributed by atoms with E-state index in [4.69, 9.17) is 14.2 Å². The fourth-order valence-electron chi connectivity index (χ4n) is 3.15. The molecule has 0 aliphatic carbocycles. The minimum Gasteiger partial charge on any atom is -0.493 e. The molecule has 0 N–H and O–H groups in total. The smallest absolute Gasteiger partial charge is 0.329 e. The Balaban J connectivity index is 1.76. The molecule has 0 unspecified atom stereocenters. The van der Waals surface area contributed by atoms with E-state index in [0.717, 1.165) is 16.7 Å². The molecular weight excluding hydrogens is 464 g/mol. The molecule has 1 heterocycles. The van der Waals surface area contributed by atoms with Crippen molar-refractivity contribution in [1.29, 1.82) is 0 Å². The van der Waals surface area contributed by atoms with Crippen molar-refractivity contribution in [2.45, 2.75) is 26.5 Å². The van der Waals surface area contributed by atoms with Gasteiger partial charge in [0.2, 0.25) is 0 Å². The van der Waals surface area contributed by atoms with Crippen LogP contribution in [-0.2, 0) is 20.9 Å². The van der Waals surface area contributed by atoms with Gasteiger partial charge < -0.3 is 14.2 Å². The largest absolute Gasteiger partial charge is 0.493 e. The maximum atomic E-state index is 12.7. The maximum absolute atomic E-state index is 12.7. The Morgan fingerprint density at radius 2 is 1.97 bits per heavy atom. The fraction of sp³-hybridized carbons (Fsp3) is 0.261. The average molecular weight is 487 g/mol. The van der Waals surface area contributed by atoms with Crippen molar-refractivity contribution in [2.75, 3.05) is 13.7 Å². The topological polar surface area (TPSA) is 125 Å². The number of ether oxygens (including phenoxy) is 3. The van der Waals surface area contributed by atoms with Crippen LogP contribution in [0.15, 0.2) is 47.4 Å². The molecule has 1 aliphatic rings. The molecule has 1 fully saturated rings. The predicted molar refractivity (Wildman–Crippen MR) is 124 cm³/mol. The number of imide groups is 1. The number of methoxy groups -OCH3 is 1. The first-order chi connectivity index (χ1) is 16.2. The summed E-state index contributed by atoms with van der Waals surface area (Å²) in [4.78, 5) is 48.5. The van der Waals surface area contributed by atoms with Gasteiger partial charge in [-0.2, -0.15) is 0 Å². The third-order valence-electron chi connectivity index (χ3n) is 4.84. The average Bonchev–Trinajstić information content (AvgIpc) is 3.10. The number of hydrogen-bond acceptors (Lipinski definition) is 9. The summed E-state index contributed by atoms with van der Waals surface area (Å²) in [6.45, 7) is 3.31. The quantitative estimate of drug-likeness (QED) is 0.222. The first kappa shape index (κ1) is 24.8. The summed E-state index contributed by atoms with van der Waals surface area (Å²) in [5, 5.41) is 10.4. The number of carbonyl (C=O) groups is 3. The molecule has 11 heteroatoms. The van der Waals surface area contributed by atoms with Gasteiger partial charge in [-0.15, -0.1) is 0 Å². The Morgan fingerprint density at radius 3 is 2.65 bits per heavy atom. The van der Waals surface area contributed by atoms with E-state index in [-0.39, 0.29) is 23.8 Å². The summed E-state index contributed by atoms with van der Waals surface area (Å²) >= 11 is 0.733.